The molecular weight excluding hydrogens is 1230 g/mol. The number of hydrogen-bond acceptors (Lipinski definition) is 35. The second-order valence-electron chi connectivity index (χ2n) is 17.2. The molecular formula is C32H54N2O41S5. The number of ether oxygens (including phenoxy) is 11. The van der Waals surface area contributed by atoms with Gasteiger partial charge < -0.3 is 104 Å². The number of aliphatic hydroxyl groups is 7. The fourth-order valence-corrected chi connectivity index (χ4v) is 11.1. The van der Waals surface area contributed by atoms with Crippen molar-refractivity contribution in [1.29, 1.82) is 0 Å². The monoisotopic (exact) mass is 1280 g/mol. The van der Waals surface area contributed by atoms with Gasteiger partial charge in [0.25, 0.3) is 0 Å². The number of carbonyl (C=O) groups is 2. The van der Waals surface area contributed by atoms with E-state index in [-0.39, 0.29) is 0 Å². The summed E-state index contributed by atoms with van der Waals surface area (Å²) in [6, 6.07) is -4.50. The van der Waals surface area contributed by atoms with Crippen molar-refractivity contribution in [2.75, 3.05) is 34.0 Å². The molecule has 468 valence electrons. The Labute approximate surface area is 449 Å². The summed E-state index contributed by atoms with van der Waals surface area (Å²) in [4.78, 5) is 25.5. The first kappa shape index (κ1) is 68.3. The van der Waals surface area contributed by atoms with Crippen molar-refractivity contribution >= 4 is 63.8 Å². The lowest BCUT2D eigenvalue weighted by atomic mass is 9.94. The summed E-state index contributed by atoms with van der Waals surface area (Å²) in [6.45, 7) is -3.97. The van der Waals surface area contributed by atoms with Crippen molar-refractivity contribution in [2.45, 2.75) is 153 Å². The molecule has 5 heterocycles. The van der Waals surface area contributed by atoms with Gasteiger partial charge in [-0.1, -0.05) is 0 Å². The lowest BCUT2D eigenvalue weighted by Crippen LogP contribution is -2.70. The number of nitrogens with one attached hydrogen (secondary N) is 1. The second-order valence-corrected chi connectivity index (χ2v) is 22.6. The normalized spacial score (nSPS) is 41.7. The van der Waals surface area contributed by atoms with E-state index in [0.29, 0.717) is 0 Å². The Morgan fingerprint density at radius 1 is 0.475 bits per heavy atom. The van der Waals surface area contributed by atoms with E-state index >= 15 is 0 Å². The maximum atomic E-state index is 12.7. The molecule has 5 fully saturated rings. The Hall–Kier alpha value is -2.47. The van der Waals surface area contributed by atoms with Crippen LogP contribution in [-0.4, -0.2) is 310 Å². The molecule has 25 atom stereocenters. The van der Waals surface area contributed by atoms with E-state index in [4.69, 9.17) is 62.4 Å². The Balaban J connectivity index is 1.45. The predicted molar refractivity (Wildman–Crippen MR) is 233 cm³/mol. The van der Waals surface area contributed by atoms with E-state index in [1.165, 1.54) is 0 Å². The fourth-order valence-electron chi connectivity index (χ4n) is 8.71. The quantitative estimate of drug-likeness (QED) is 0.0377. The third-order valence-electron chi connectivity index (χ3n) is 12.0. The van der Waals surface area contributed by atoms with Crippen LogP contribution in [0, 0.1) is 0 Å². The maximum absolute atomic E-state index is 12.7. The van der Waals surface area contributed by atoms with E-state index < -0.39 is 237 Å². The van der Waals surface area contributed by atoms with Crippen LogP contribution in [0.15, 0.2) is 0 Å². The molecule has 0 spiro atoms. The van der Waals surface area contributed by atoms with Crippen molar-refractivity contribution in [1.82, 2.24) is 4.72 Å². The molecule has 0 aliphatic carbocycles. The van der Waals surface area contributed by atoms with Crippen molar-refractivity contribution in [3.05, 3.63) is 0 Å². The summed E-state index contributed by atoms with van der Waals surface area (Å²) < 4.78 is 245. The van der Waals surface area contributed by atoms with Gasteiger partial charge in [-0.25, -0.2) is 26.3 Å². The lowest BCUT2D eigenvalue weighted by molar-refractivity contribution is -0.374. The molecule has 0 saturated carbocycles. The van der Waals surface area contributed by atoms with Crippen LogP contribution in [0.3, 0.4) is 0 Å². The minimum absolute atomic E-state index is 0.915. The van der Waals surface area contributed by atoms with E-state index in [9.17, 15) is 116 Å². The average molecular weight is 1280 g/mol. The highest BCUT2D eigenvalue weighted by Crippen LogP contribution is 2.38. The van der Waals surface area contributed by atoms with Gasteiger partial charge in [0.05, 0.1) is 25.9 Å². The molecule has 5 aliphatic rings. The van der Waals surface area contributed by atoms with Crippen LogP contribution in [0.5, 0.6) is 0 Å². The van der Waals surface area contributed by atoms with Gasteiger partial charge in [-0.05, 0) is 0 Å². The van der Waals surface area contributed by atoms with Gasteiger partial charge in [0, 0.05) is 14.2 Å². The van der Waals surface area contributed by atoms with Gasteiger partial charge in [-0.3, -0.25) is 22.8 Å². The highest BCUT2D eigenvalue weighted by atomic mass is 32.3. The number of aliphatic hydroxyl groups excluding tert-OH is 7. The van der Waals surface area contributed by atoms with Gasteiger partial charge in [0.2, 0.25) is 0 Å². The number of nitrogens with two attached hydrogens (primary N) is 1. The highest BCUT2D eigenvalue weighted by molar-refractivity contribution is 7.83. The SMILES string of the molecule is CO[C@@H]1[C@@H](NS(=O)(=O)O)[C@@H](O[C@H]2[C@H](O)[C@@H](O)[C@H](O[C@H]3[C@H](OS(=O)(=O)O)[C@@H](N)[C@@H](O[C@H]4[C@H](O)[C@@H](OS(=O)(=O)O)[C@H](O[C@H]5[C@H](OS(=O)(=O)O)[C@@H](O)[C@@H](O)O[C@@H]5CO)O[C@H]4C(=O)O)O[C@@H]3CO)O[C@@H]2C(=O)O)O[C@H](COS(=O)(=O)O)[C@H]1OC. The van der Waals surface area contributed by atoms with Gasteiger partial charge >= 0.3 is 63.8 Å². The standard InChI is InChI=1S/C32H54N2O41S5/c1-61-15-8(5-63-77(49,50)51)66-30(10(19(15)62-2)34-76(46,47)48)70-20-11(37)12(38)31(71-24(20)26(41)42)67-16-7(4-36)65-29(9(33)18(16)73-78(52,53)54)69-21-13(39)23(75-80(58,59)60)32(72-25(21)27(43)44)68-17-6(3-35)64-28(45)14(40)22(17)74-79(55,56)57/h6-25,28-32,34-40,45H,3-5,33H2,1-2H3,(H,41,42)(H,43,44)(H,46,47,48)(H,49,50,51)(H,52,53,54)(H,55,56,57)(H,58,59,60)/t6-,7-,8-,9-,10-,11-,12-,13+,14-,15-,16-,17-,18-,19-,20+,21+,22-,23-,24+,25-,28+,29-,30-,31-,32-/m1/s1. The Morgan fingerprint density at radius 3 is 1.40 bits per heavy atom. The van der Waals surface area contributed by atoms with Crippen LogP contribution in [0.2, 0.25) is 0 Å². The van der Waals surface area contributed by atoms with Gasteiger partial charge in [0.1, 0.15) is 97.6 Å². The minimum atomic E-state index is -5.89. The predicted octanol–water partition coefficient (Wildman–Crippen LogP) is -11.8. The third-order valence-corrected chi connectivity index (χ3v) is 14.4. The summed E-state index contributed by atoms with van der Waals surface area (Å²) in [6.07, 6.45) is -56.7. The number of aliphatic carboxylic acids is 2. The molecule has 17 N–H and O–H groups in total. The minimum Gasteiger partial charge on any atom is -0.479 e. The van der Waals surface area contributed by atoms with Crippen LogP contribution in [0.4, 0.5) is 0 Å². The molecule has 0 amide bonds. The molecule has 5 rings (SSSR count). The van der Waals surface area contributed by atoms with E-state index in [2.05, 4.69) is 16.7 Å². The van der Waals surface area contributed by atoms with E-state index in [0.717, 1.165) is 14.2 Å². The first-order valence-corrected chi connectivity index (χ1v) is 28.7. The highest BCUT2D eigenvalue weighted by Gasteiger charge is 2.60. The molecule has 5 saturated heterocycles. The summed E-state index contributed by atoms with van der Waals surface area (Å²) in [7, 11) is -26.1. The van der Waals surface area contributed by atoms with Crippen molar-refractivity contribution in [2.24, 2.45) is 5.73 Å². The molecule has 80 heavy (non-hydrogen) atoms. The lowest BCUT2D eigenvalue weighted by Gasteiger charge is -2.50. The molecule has 0 aromatic heterocycles. The molecule has 5 aliphatic heterocycles. The second kappa shape index (κ2) is 26.8. The molecule has 0 bridgehead atoms. The van der Waals surface area contributed by atoms with Crippen LogP contribution in [-0.2, 0) is 130 Å². The molecule has 48 heteroatoms. The summed E-state index contributed by atoms with van der Waals surface area (Å²) in [5.41, 5.74) is 6.19. The summed E-state index contributed by atoms with van der Waals surface area (Å²) in [5, 5.41) is 95.6. The van der Waals surface area contributed by atoms with E-state index in [1.807, 2.05) is 0 Å². The average Bonchev–Trinajstić information content (AvgIpc) is 3.32. The number of hydrogen-bond donors (Lipinski definition) is 16. The van der Waals surface area contributed by atoms with Crippen molar-refractivity contribution in [3.63, 3.8) is 0 Å². The van der Waals surface area contributed by atoms with Gasteiger partial charge in [0.15, 0.2) is 49.8 Å². The van der Waals surface area contributed by atoms with Crippen LogP contribution >= 0.6 is 0 Å². The summed E-state index contributed by atoms with van der Waals surface area (Å²) in [5.74, 6) is -4.37. The van der Waals surface area contributed by atoms with Crippen LogP contribution < -0.4 is 10.5 Å². The Bertz CT molecular complexity index is 2690. The molecule has 43 nitrogen and oxygen atoms in total. The number of carboxylic acids is 2. The van der Waals surface area contributed by atoms with Gasteiger partial charge in [-0.2, -0.15) is 46.8 Å². The smallest absolute Gasteiger partial charge is 0.397 e. The first-order chi connectivity index (χ1) is 36.7. The van der Waals surface area contributed by atoms with Crippen LogP contribution in [0.1, 0.15) is 0 Å². The first-order valence-electron chi connectivity index (χ1n) is 21.8. The zero-order valence-electron chi connectivity index (χ0n) is 40.0. The third kappa shape index (κ3) is 17.3. The maximum Gasteiger partial charge on any atom is 0.397 e. The largest absolute Gasteiger partial charge is 0.479 e. The molecule has 0 radical (unpaired) electrons. The van der Waals surface area contributed by atoms with Crippen molar-refractivity contribution < 1.29 is 189 Å². The van der Waals surface area contributed by atoms with E-state index in [1.54, 1.807) is 4.72 Å². The molecule has 0 unspecified atom stereocenters. The zero-order valence-corrected chi connectivity index (χ0v) is 44.0. The van der Waals surface area contributed by atoms with Crippen molar-refractivity contribution in [3.8, 4) is 0 Å². The Morgan fingerprint density at radius 2 is 0.912 bits per heavy atom. The van der Waals surface area contributed by atoms with Gasteiger partial charge in [-0.15, -0.1) is 0 Å². The fraction of sp³-hybridized carbons (Fsp3) is 0.938. The number of carboxylic acid groups (broad SMARTS) is 2. The molecule has 0 aromatic carbocycles. The zero-order chi connectivity index (χ0) is 60.5. The topological polar surface area (TPSA) is 665 Å². The Kier molecular flexibility index (Phi) is 22.9. The number of rotatable bonds is 25. The number of methoxy groups -OCH3 is 2. The summed E-state index contributed by atoms with van der Waals surface area (Å²) >= 11 is 0. The van der Waals surface area contributed by atoms with Crippen LogP contribution in [0.25, 0.3) is 0 Å². The molecule has 0 aromatic rings.